The van der Waals surface area contributed by atoms with Gasteiger partial charge in [-0.1, -0.05) is 11.6 Å². The summed E-state index contributed by atoms with van der Waals surface area (Å²) in [5.41, 5.74) is -0.252. The van der Waals surface area contributed by atoms with E-state index in [0.717, 1.165) is 24.3 Å². The summed E-state index contributed by atoms with van der Waals surface area (Å²) in [5, 5.41) is 10.9. The molecule has 0 fully saturated rings. The minimum Gasteiger partial charge on any atom is -0.351 e. The third-order valence-corrected chi connectivity index (χ3v) is 4.13. The molecule has 23 heavy (non-hydrogen) atoms. The van der Waals surface area contributed by atoms with Crippen molar-refractivity contribution in [1.29, 1.82) is 0 Å². The van der Waals surface area contributed by atoms with E-state index in [4.69, 9.17) is 11.6 Å². The molecule has 2 aromatic rings. The third kappa shape index (κ3) is 4.25. The number of nitrogens with zero attached hydrogens (tertiary/aromatic N) is 1. The molecule has 0 spiro atoms. The SMILES string of the molecule is O=C(ONS(=O)(=O)c1ccc(Cl)cc1)c1ccc([N+](=O)[O-])cc1. The molecule has 0 bridgehead atoms. The van der Waals surface area contributed by atoms with E-state index in [-0.39, 0.29) is 16.1 Å². The van der Waals surface area contributed by atoms with E-state index in [2.05, 4.69) is 4.84 Å². The topological polar surface area (TPSA) is 116 Å². The lowest BCUT2D eigenvalue weighted by Gasteiger charge is -2.07. The van der Waals surface area contributed by atoms with Gasteiger partial charge in [-0.3, -0.25) is 10.1 Å². The number of non-ortho nitro benzene ring substituents is 1. The fourth-order valence-corrected chi connectivity index (χ4v) is 2.43. The Hall–Kier alpha value is -2.49. The first-order chi connectivity index (χ1) is 10.8. The maximum absolute atomic E-state index is 11.9. The third-order valence-electron chi connectivity index (χ3n) is 2.68. The van der Waals surface area contributed by atoms with Crippen LogP contribution in [-0.4, -0.2) is 19.3 Å². The molecular formula is C13H9ClN2O6S. The number of hydrogen-bond acceptors (Lipinski definition) is 6. The molecule has 10 heteroatoms. The van der Waals surface area contributed by atoms with E-state index in [1.54, 1.807) is 4.89 Å². The second-order valence-electron chi connectivity index (χ2n) is 4.23. The minimum atomic E-state index is -4.06. The molecule has 0 aliphatic rings. The predicted molar refractivity (Wildman–Crippen MR) is 80.3 cm³/mol. The average molecular weight is 357 g/mol. The number of rotatable bonds is 5. The summed E-state index contributed by atoms with van der Waals surface area (Å²) in [6, 6.07) is 9.72. The van der Waals surface area contributed by atoms with Crippen molar-refractivity contribution in [2.75, 3.05) is 0 Å². The van der Waals surface area contributed by atoms with Gasteiger partial charge in [0.1, 0.15) is 0 Å². The largest absolute Gasteiger partial charge is 0.357 e. The first kappa shape index (κ1) is 16.9. The molecule has 0 aliphatic heterocycles. The number of hydrogen-bond donors (Lipinski definition) is 1. The van der Waals surface area contributed by atoms with Gasteiger partial charge in [0, 0.05) is 17.2 Å². The molecule has 0 atom stereocenters. The Balaban J connectivity index is 2.06. The van der Waals surface area contributed by atoms with Crippen LogP contribution in [0.15, 0.2) is 53.4 Å². The van der Waals surface area contributed by atoms with Gasteiger partial charge in [-0.25, -0.2) is 13.2 Å². The summed E-state index contributed by atoms with van der Waals surface area (Å²) in [5.74, 6) is -1.00. The van der Waals surface area contributed by atoms with Gasteiger partial charge in [0.25, 0.3) is 15.7 Å². The fourth-order valence-electron chi connectivity index (χ4n) is 1.53. The lowest BCUT2D eigenvalue weighted by atomic mass is 10.2. The highest BCUT2D eigenvalue weighted by Gasteiger charge is 2.18. The van der Waals surface area contributed by atoms with Gasteiger partial charge in [-0.05, 0) is 41.3 Å². The molecule has 0 radical (unpaired) electrons. The molecule has 8 nitrogen and oxygen atoms in total. The van der Waals surface area contributed by atoms with Crippen LogP contribution in [-0.2, 0) is 14.9 Å². The first-order valence-corrected chi connectivity index (χ1v) is 7.89. The van der Waals surface area contributed by atoms with Crippen LogP contribution in [0.5, 0.6) is 0 Å². The number of carbonyl (C=O) groups excluding carboxylic acids is 1. The first-order valence-electron chi connectivity index (χ1n) is 6.02. The van der Waals surface area contributed by atoms with E-state index in [0.29, 0.717) is 5.02 Å². The number of carbonyl (C=O) groups is 1. The van der Waals surface area contributed by atoms with Gasteiger partial charge >= 0.3 is 5.97 Å². The second kappa shape index (κ2) is 6.73. The van der Waals surface area contributed by atoms with Crippen LogP contribution in [0.1, 0.15) is 10.4 Å². The number of sulfonamides is 1. The van der Waals surface area contributed by atoms with Crippen molar-refractivity contribution in [3.63, 3.8) is 0 Å². The smallest absolute Gasteiger partial charge is 0.351 e. The Kier molecular flexibility index (Phi) is 4.94. The highest BCUT2D eigenvalue weighted by molar-refractivity contribution is 7.89. The lowest BCUT2D eigenvalue weighted by Crippen LogP contribution is -2.27. The average Bonchev–Trinajstić information content (AvgIpc) is 2.53. The quantitative estimate of drug-likeness (QED) is 0.649. The van der Waals surface area contributed by atoms with Gasteiger partial charge in [0.2, 0.25) is 0 Å². The molecular weight excluding hydrogens is 348 g/mol. The van der Waals surface area contributed by atoms with Crippen molar-refractivity contribution >= 4 is 33.3 Å². The summed E-state index contributed by atoms with van der Waals surface area (Å²) in [7, 11) is -4.06. The molecule has 120 valence electrons. The zero-order chi connectivity index (χ0) is 17.0. The Morgan fingerprint density at radius 1 is 1.09 bits per heavy atom. The van der Waals surface area contributed by atoms with Gasteiger partial charge in [0.05, 0.1) is 15.4 Å². The predicted octanol–water partition coefficient (Wildman–Crippen LogP) is 2.30. The summed E-state index contributed by atoms with van der Waals surface area (Å²) in [6.07, 6.45) is 0. The zero-order valence-electron chi connectivity index (χ0n) is 11.3. The Morgan fingerprint density at radius 3 is 2.17 bits per heavy atom. The van der Waals surface area contributed by atoms with Crippen molar-refractivity contribution in [3.05, 3.63) is 69.2 Å². The van der Waals surface area contributed by atoms with Crippen LogP contribution in [0.2, 0.25) is 5.02 Å². The molecule has 0 saturated heterocycles. The minimum absolute atomic E-state index is 0.0468. The molecule has 1 N–H and O–H groups in total. The van der Waals surface area contributed by atoms with Crippen molar-refractivity contribution < 1.29 is 23.0 Å². The summed E-state index contributed by atoms with van der Waals surface area (Å²) >= 11 is 5.66. The fraction of sp³-hybridized carbons (Fsp3) is 0. The number of nitrogens with one attached hydrogen (secondary N) is 1. The molecule has 0 aliphatic carbocycles. The number of nitro benzene ring substituents is 1. The number of benzene rings is 2. The van der Waals surface area contributed by atoms with Crippen molar-refractivity contribution in [1.82, 2.24) is 4.89 Å². The molecule has 0 amide bonds. The van der Waals surface area contributed by atoms with Gasteiger partial charge in [-0.2, -0.15) is 0 Å². The second-order valence-corrected chi connectivity index (χ2v) is 6.32. The number of nitro groups is 1. The van der Waals surface area contributed by atoms with Crippen molar-refractivity contribution in [2.45, 2.75) is 4.90 Å². The van der Waals surface area contributed by atoms with Gasteiger partial charge in [0.15, 0.2) is 0 Å². The van der Waals surface area contributed by atoms with Crippen LogP contribution in [0.25, 0.3) is 0 Å². The molecule has 2 aromatic carbocycles. The molecule has 0 saturated carbocycles. The Morgan fingerprint density at radius 2 is 1.65 bits per heavy atom. The van der Waals surface area contributed by atoms with Crippen LogP contribution < -0.4 is 4.89 Å². The van der Waals surface area contributed by atoms with E-state index in [9.17, 15) is 23.3 Å². The normalized spacial score (nSPS) is 11.0. The van der Waals surface area contributed by atoms with E-state index in [1.165, 1.54) is 24.3 Å². The van der Waals surface area contributed by atoms with Crippen LogP contribution in [0.4, 0.5) is 5.69 Å². The number of halogens is 1. The van der Waals surface area contributed by atoms with Crippen molar-refractivity contribution in [2.24, 2.45) is 0 Å². The lowest BCUT2D eigenvalue weighted by molar-refractivity contribution is -0.384. The maximum Gasteiger partial charge on any atom is 0.357 e. The molecule has 0 aromatic heterocycles. The van der Waals surface area contributed by atoms with E-state index < -0.39 is 20.9 Å². The highest BCUT2D eigenvalue weighted by Crippen LogP contribution is 2.15. The Labute approximate surface area is 135 Å². The molecule has 0 unspecified atom stereocenters. The molecule has 2 rings (SSSR count). The van der Waals surface area contributed by atoms with E-state index in [1.807, 2.05) is 0 Å². The molecule has 0 heterocycles. The van der Waals surface area contributed by atoms with Crippen LogP contribution >= 0.6 is 11.6 Å². The van der Waals surface area contributed by atoms with E-state index >= 15 is 0 Å². The summed E-state index contributed by atoms with van der Waals surface area (Å²) in [6.45, 7) is 0. The van der Waals surface area contributed by atoms with Crippen LogP contribution in [0.3, 0.4) is 0 Å². The van der Waals surface area contributed by atoms with Crippen molar-refractivity contribution in [3.8, 4) is 0 Å². The zero-order valence-corrected chi connectivity index (χ0v) is 12.9. The Bertz CT molecular complexity index is 834. The summed E-state index contributed by atoms with van der Waals surface area (Å²) in [4.78, 5) is 27.6. The maximum atomic E-state index is 11.9. The summed E-state index contributed by atoms with van der Waals surface area (Å²) < 4.78 is 23.8. The van der Waals surface area contributed by atoms with Crippen LogP contribution in [0, 0.1) is 10.1 Å². The van der Waals surface area contributed by atoms with Gasteiger partial charge < -0.3 is 4.84 Å². The monoisotopic (exact) mass is 356 g/mol. The highest BCUT2D eigenvalue weighted by atomic mass is 35.5. The standard InChI is InChI=1S/C13H9ClN2O6S/c14-10-3-7-12(8-4-10)23(20,21)15-22-13(17)9-1-5-11(6-2-9)16(18)19/h1-8,15H. The van der Waals surface area contributed by atoms with Gasteiger partial charge in [-0.15, -0.1) is 0 Å².